The van der Waals surface area contributed by atoms with Crippen LogP contribution < -0.4 is 10.9 Å². The van der Waals surface area contributed by atoms with Crippen molar-refractivity contribution in [1.29, 1.82) is 0 Å². The van der Waals surface area contributed by atoms with Crippen molar-refractivity contribution in [2.24, 2.45) is 0 Å². The fourth-order valence-electron chi connectivity index (χ4n) is 2.34. The van der Waals surface area contributed by atoms with Crippen LogP contribution in [0.15, 0.2) is 46.6 Å². The van der Waals surface area contributed by atoms with Gasteiger partial charge in [0.25, 0.3) is 11.5 Å². The van der Waals surface area contributed by atoms with Gasteiger partial charge in [-0.3, -0.25) is 14.9 Å². The lowest BCUT2D eigenvalue weighted by atomic mass is 10.1. The highest BCUT2D eigenvalue weighted by molar-refractivity contribution is 7.14. The molecular formula is C19H18N4O4S. The maximum Gasteiger partial charge on any atom is 0.357 e. The predicted molar refractivity (Wildman–Crippen MR) is 105 cm³/mol. The highest BCUT2D eigenvalue weighted by Gasteiger charge is 2.15. The van der Waals surface area contributed by atoms with Crippen molar-refractivity contribution < 1.29 is 14.3 Å². The SMILES string of the molecule is CCOC(=O)c1csc(NC(=O)c2ccc(=O)n(Cc3ccc(C)cc3)n2)n1. The van der Waals surface area contributed by atoms with E-state index in [4.69, 9.17) is 4.74 Å². The van der Waals surface area contributed by atoms with E-state index < -0.39 is 11.9 Å². The summed E-state index contributed by atoms with van der Waals surface area (Å²) < 4.78 is 6.09. The summed E-state index contributed by atoms with van der Waals surface area (Å²) in [5.74, 6) is -1.08. The Bertz CT molecular complexity index is 1060. The number of carbonyl (C=O) groups excluding carboxylic acids is 2. The first-order chi connectivity index (χ1) is 13.5. The van der Waals surface area contributed by atoms with E-state index in [-0.39, 0.29) is 35.2 Å². The molecular weight excluding hydrogens is 380 g/mol. The number of aryl methyl sites for hydroxylation is 1. The predicted octanol–water partition coefficient (Wildman–Crippen LogP) is 2.49. The van der Waals surface area contributed by atoms with Crippen molar-refractivity contribution in [3.63, 3.8) is 0 Å². The van der Waals surface area contributed by atoms with E-state index in [0.717, 1.165) is 22.5 Å². The molecule has 0 unspecified atom stereocenters. The summed E-state index contributed by atoms with van der Waals surface area (Å²) in [6.07, 6.45) is 0. The number of carbonyl (C=O) groups is 2. The first-order valence-electron chi connectivity index (χ1n) is 8.54. The quantitative estimate of drug-likeness (QED) is 0.640. The van der Waals surface area contributed by atoms with E-state index >= 15 is 0 Å². The molecule has 2 aromatic heterocycles. The molecule has 1 amide bonds. The summed E-state index contributed by atoms with van der Waals surface area (Å²) in [5.41, 5.74) is 1.90. The summed E-state index contributed by atoms with van der Waals surface area (Å²) in [5, 5.41) is 8.45. The number of rotatable bonds is 6. The second-order valence-corrected chi connectivity index (χ2v) is 6.77. The van der Waals surface area contributed by atoms with Crippen LogP contribution in [0.2, 0.25) is 0 Å². The molecule has 3 rings (SSSR count). The van der Waals surface area contributed by atoms with Gasteiger partial charge in [-0.15, -0.1) is 11.3 Å². The van der Waals surface area contributed by atoms with Crippen LogP contribution in [0.4, 0.5) is 5.13 Å². The number of hydrogen-bond acceptors (Lipinski definition) is 7. The largest absolute Gasteiger partial charge is 0.461 e. The lowest BCUT2D eigenvalue weighted by Crippen LogP contribution is -2.26. The van der Waals surface area contributed by atoms with Gasteiger partial charge in [-0.05, 0) is 25.5 Å². The minimum absolute atomic E-state index is 0.0691. The van der Waals surface area contributed by atoms with Crippen LogP contribution in [0.1, 0.15) is 39.0 Å². The summed E-state index contributed by atoms with van der Waals surface area (Å²) >= 11 is 1.10. The minimum Gasteiger partial charge on any atom is -0.461 e. The van der Waals surface area contributed by atoms with Crippen LogP contribution in [0.25, 0.3) is 0 Å². The average Bonchev–Trinajstić information content (AvgIpc) is 3.14. The number of nitrogens with one attached hydrogen (secondary N) is 1. The van der Waals surface area contributed by atoms with Gasteiger partial charge in [0, 0.05) is 11.4 Å². The van der Waals surface area contributed by atoms with Gasteiger partial charge in [0.15, 0.2) is 10.8 Å². The van der Waals surface area contributed by atoms with E-state index in [1.807, 2.05) is 31.2 Å². The molecule has 0 spiro atoms. The van der Waals surface area contributed by atoms with Gasteiger partial charge >= 0.3 is 5.97 Å². The number of benzene rings is 1. The van der Waals surface area contributed by atoms with E-state index in [2.05, 4.69) is 15.4 Å². The highest BCUT2D eigenvalue weighted by Crippen LogP contribution is 2.17. The fraction of sp³-hybridized carbons (Fsp3) is 0.211. The van der Waals surface area contributed by atoms with E-state index in [1.54, 1.807) is 6.92 Å². The van der Waals surface area contributed by atoms with Gasteiger partial charge < -0.3 is 4.74 Å². The summed E-state index contributed by atoms with van der Waals surface area (Å²) in [7, 11) is 0. The molecule has 0 fully saturated rings. The molecule has 8 nitrogen and oxygen atoms in total. The second kappa shape index (κ2) is 8.57. The number of hydrogen-bond donors (Lipinski definition) is 1. The molecule has 28 heavy (non-hydrogen) atoms. The first-order valence-corrected chi connectivity index (χ1v) is 9.42. The Hall–Kier alpha value is -3.33. The molecule has 2 heterocycles. The Morgan fingerprint density at radius 3 is 2.61 bits per heavy atom. The van der Waals surface area contributed by atoms with Crippen molar-refractivity contribution in [2.75, 3.05) is 11.9 Å². The third-order valence-corrected chi connectivity index (χ3v) is 4.52. The molecule has 1 N–H and O–H groups in total. The van der Waals surface area contributed by atoms with Crippen molar-refractivity contribution in [1.82, 2.24) is 14.8 Å². The molecule has 1 aromatic carbocycles. The third kappa shape index (κ3) is 4.68. The van der Waals surface area contributed by atoms with E-state index in [0.29, 0.717) is 0 Å². The Labute approximate surface area is 164 Å². The van der Waals surface area contributed by atoms with E-state index in [1.165, 1.54) is 22.2 Å². The molecule has 3 aromatic rings. The van der Waals surface area contributed by atoms with Gasteiger partial charge in [-0.1, -0.05) is 29.8 Å². The molecule has 0 aliphatic carbocycles. The summed E-state index contributed by atoms with van der Waals surface area (Å²) in [4.78, 5) is 40.2. The van der Waals surface area contributed by atoms with E-state index in [9.17, 15) is 14.4 Å². The monoisotopic (exact) mass is 398 g/mol. The number of nitrogens with zero attached hydrogens (tertiary/aromatic N) is 3. The van der Waals surface area contributed by atoms with Gasteiger partial charge in [0.05, 0.1) is 13.2 Å². The van der Waals surface area contributed by atoms with Crippen molar-refractivity contribution >= 4 is 28.3 Å². The highest BCUT2D eigenvalue weighted by atomic mass is 32.1. The second-order valence-electron chi connectivity index (χ2n) is 5.91. The molecule has 9 heteroatoms. The van der Waals surface area contributed by atoms with Crippen molar-refractivity contribution in [3.8, 4) is 0 Å². The van der Waals surface area contributed by atoms with Gasteiger partial charge in [0.1, 0.15) is 5.69 Å². The van der Waals surface area contributed by atoms with Gasteiger partial charge in [0.2, 0.25) is 0 Å². The van der Waals surface area contributed by atoms with Gasteiger partial charge in [-0.25, -0.2) is 14.5 Å². The van der Waals surface area contributed by atoms with Gasteiger partial charge in [-0.2, -0.15) is 5.10 Å². The standard InChI is InChI=1S/C19H18N4O4S/c1-3-27-18(26)15-11-28-19(20-15)21-17(25)14-8-9-16(24)23(22-14)10-13-6-4-12(2)5-7-13/h4-9,11H,3,10H2,1-2H3,(H,20,21,25). The van der Waals surface area contributed by atoms with Crippen LogP contribution in [-0.2, 0) is 11.3 Å². The Balaban J connectivity index is 1.74. The molecule has 0 aliphatic heterocycles. The lowest BCUT2D eigenvalue weighted by molar-refractivity contribution is 0.0520. The topological polar surface area (TPSA) is 103 Å². The number of ether oxygens (including phenoxy) is 1. The smallest absolute Gasteiger partial charge is 0.357 e. The molecule has 0 aliphatic rings. The van der Waals surface area contributed by atoms with Crippen molar-refractivity contribution in [3.05, 3.63) is 74.6 Å². The van der Waals surface area contributed by atoms with Crippen LogP contribution in [0, 0.1) is 6.92 Å². The Morgan fingerprint density at radius 2 is 1.89 bits per heavy atom. The zero-order valence-electron chi connectivity index (χ0n) is 15.3. The molecule has 144 valence electrons. The van der Waals surface area contributed by atoms with Crippen LogP contribution >= 0.6 is 11.3 Å². The first kappa shape index (κ1) is 19.4. The normalized spacial score (nSPS) is 10.5. The molecule has 0 radical (unpaired) electrons. The molecule has 0 atom stereocenters. The Morgan fingerprint density at radius 1 is 1.14 bits per heavy atom. The maximum atomic E-state index is 12.4. The maximum absolute atomic E-state index is 12.4. The Kier molecular flexibility index (Phi) is 5.95. The number of anilines is 1. The summed E-state index contributed by atoms with van der Waals surface area (Å²) in [6, 6.07) is 10.3. The van der Waals surface area contributed by atoms with Crippen molar-refractivity contribution in [2.45, 2.75) is 20.4 Å². The molecule has 0 saturated carbocycles. The molecule has 0 bridgehead atoms. The number of aromatic nitrogens is 3. The van der Waals surface area contributed by atoms with Crippen LogP contribution in [-0.4, -0.2) is 33.2 Å². The summed E-state index contributed by atoms with van der Waals surface area (Å²) in [6.45, 7) is 4.17. The van der Waals surface area contributed by atoms with Crippen LogP contribution in [0.3, 0.4) is 0 Å². The third-order valence-electron chi connectivity index (χ3n) is 3.76. The minimum atomic E-state index is -0.552. The number of amides is 1. The number of thiazole rings is 1. The average molecular weight is 398 g/mol. The molecule has 0 saturated heterocycles. The number of esters is 1. The zero-order valence-corrected chi connectivity index (χ0v) is 16.2. The zero-order chi connectivity index (χ0) is 20.1. The fourth-order valence-corrected chi connectivity index (χ4v) is 3.02. The van der Waals surface area contributed by atoms with Crippen LogP contribution in [0.5, 0.6) is 0 Å². The lowest BCUT2D eigenvalue weighted by Gasteiger charge is -2.07.